The lowest BCUT2D eigenvalue weighted by Gasteiger charge is -2.08. The molecule has 0 saturated heterocycles. The molecular weight excluding hydrogens is 386 g/mol. The maximum absolute atomic E-state index is 10.6. The Hall–Kier alpha value is -2.82. The summed E-state index contributed by atoms with van der Waals surface area (Å²) in [6.45, 7) is 5.18. The number of ether oxygens (including phenoxy) is 1. The van der Waals surface area contributed by atoms with Gasteiger partial charge in [0.2, 0.25) is 0 Å². The van der Waals surface area contributed by atoms with Gasteiger partial charge in [0.05, 0.1) is 25.4 Å². The van der Waals surface area contributed by atoms with Crippen molar-refractivity contribution in [3.05, 3.63) is 39.8 Å². The average molecular weight is 411 g/mol. The van der Waals surface area contributed by atoms with Gasteiger partial charge in [-0.3, -0.25) is 0 Å². The Balaban J connectivity index is 0.000000283. The Bertz CT molecular complexity index is 822. The second kappa shape index (κ2) is 11.1. The number of thiophene rings is 1. The molecule has 9 nitrogen and oxygen atoms in total. The largest absolute Gasteiger partial charge is 0.478 e. The molecule has 0 unspecified atom stereocenters. The van der Waals surface area contributed by atoms with Gasteiger partial charge in [0, 0.05) is 17.9 Å². The SMILES string of the molecule is Cc1c(C(=O)O)sc(N)c1C(=O)O.Cc1cc(NCCOCCO)ccc1N. The third-order valence-electron chi connectivity index (χ3n) is 3.66. The number of nitrogen functional groups attached to an aromatic ring is 2. The Morgan fingerprint density at radius 1 is 1.14 bits per heavy atom. The second-order valence-corrected chi connectivity index (χ2v) is 6.79. The predicted molar refractivity (Wildman–Crippen MR) is 109 cm³/mol. The highest BCUT2D eigenvalue weighted by molar-refractivity contribution is 7.18. The molecule has 1 heterocycles. The topological polar surface area (TPSA) is 168 Å². The quantitative estimate of drug-likeness (QED) is 0.281. The van der Waals surface area contributed by atoms with Crippen LogP contribution in [0.5, 0.6) is 0 Å². The summed E-state index contributed by atoms with van der Waals surface area (Å²) in [7, 11) is 0. The van der Waals surface area contributed by atoms with Gasteiger partial charge < -0.3 is 36.8 Å². The minimum Gasteiger partial charge on any atom is -0.478 e. The fraction of sp³-hybridized carbons (Fsp3) is 0.333. The molecule has 10 heteroatoms. The first kappa shape index (κ1) is 23.2. The summed E-state index contributed by atoms with van der Waals surface area (Å²) in [6.07, 6.45) is 0. The smallest absolute Gasteiger partial charge is 0.346 e. The molecule has 2 rings (SSSR count). The number of rotatable bonds is 8. The van der Waals surface area contributed by atoms with Crippen molar-refractivity contribution >= 4 is 39.7 Å². The lowest BCUT2D eigenvalue weighted by molar-refractivity contribution is 0.0696. The maximum atomic E-state index is 10.6. The normalized spacial score (nSPS) is 10.1. The molecule has 0 aliphatic carbocycles. The zero-order valence-corrected chi connectivity index (χ0v) is 16.5. The molecule has 28 heavy (non-hydrogen) atoms. The number of anilines is 3. The number of nitrogens with two attached hydrogens (primary N) is 2. The van der Waals surface area contributed by atoms with E-state index in [1.54, 1.807) is 0 Å². The molecule has 8 N–H and O–H groups in total. The first-order valence-corrected chi connectivity index (χ1v) is 9.14. The standard InChI is InChI=1S/C11H18N2O2.C7H7NO4S/c1-9-8-10(2-3-11(9)12)13-4-6-15-7-5-14;1-2-3(6(9)10)5(8)13-4(2)7(11)12/h2-3,8,13-14H,4-7,12H2,1H3;8H2,1H3,(H,9,10)(H,11,12). The van der Waals surface area contributed by atoms with Crippen LogP contribution in [0.25, 0.3) is 0 Å². The van der Waals surface area contributed by atoms with Crippen molar-refractivity contribution in [3.63, 3.8) is 0 Å². The van der Waals surface area contributed by atoms with Gasteiger partial charge >= 0.3 is 11.9 Å². The van der Waals surface area contributed by atoms with Crippen molar-refractivity contribution in [2.24, 2.45) is 0 Å². The molecule has 0 bridgehead atoms. The van der Waals surface area contributed by atoms with Gasteiger partial charge in [-0.25, -0.2) is 9.59 Å². The van der Waals surface area contributed by atoms with E-state index in [1.807, 2.05) is 25.1 Å². The van der Waals surface area contributed by atoms with Crippen molar-refractivity contribution in [1.29, 1.82) is 0 Å². The van der Waals surface area contributed by atoms with E-state index >= 15 is 0 Å². The number of aromatic carboxylic acids is 2. The number of aliphatic hydroxyl groups excluding tert-OH is 1. The number of carboxylic acids is 2. The third kappa shape index (κ3) is 6.72. The maximum Gasteiger partial charge on any atom is 0.346 e. The van der Waals surface area contributed by atoms with Crippen LogP contribution in [-0.2, 0) is 4.74 Å². The predicted octanol–water partition coefficient (Wildman–Crippen LogP) is 2.03. The van der Waals surface area contributed by atoms with E-state index in [9.17, 15) is 9.59 Å². The van der Waals surface area contributed by atoms with E-state index in [4.69, 9.17) is 31.5 Å². The zero-order chi connectivity index (χ0) is 21.3. The second-order valence-electron chi connectivity index (χ2n) is 5.74. The van der Waals surface area contributed by atoms with Gasteiger partial charge in [0.15, 0.2) is 0 Å². The van der Waals surface area contributed by atoms with Crippen molar-refractivity contribution in [1.82, 2.24) is 0 Å². The van der Waals surface area contributed by atoms with E-state index in [2.05, 4.69) is 5.32 Å². The van der Waals surface area contributed by atoms with Crippen LogP contribution in [-0.4, -0.2) is 53.6 Å². The third-order valence-corrected chi connectivity index (χ3v) is 4.77. The lowest BCUT2D eigenvalue weighted by atomic mass is 10.1. The highest BCUT2D eigenvalue weighted by Crippen LogP contribution is 2.30. The minimum atomic E-state index is -1.20. The van der Waals surface area contributed by atoms with Gasteiger partial charge in [0.25, 0.3) is 0 Å². The van der Waals surface area contributed by atoms with Crippen molar-refractivity contribution in [2.45, 2.75) is 13.8 Å². The fourth-order valence-electron chi connectivity index (χ4n) is 2.23. The molecule has 0 radical (unpaired) electrons. The molecule has 0 atom stereocenters. The number of carbonyl (C=O) groups is 2. The molecule has 0 saturated carbocycles. The Labute approximate surface area is 166 Å². The van der Waals surface area contributed by atoms with Crippen LogP contribution in [0, 0.1) is 13.8 Å². The van der Waals surface area contributed by atoms with Crippen molar-refractivity contribution < 1.29 is 29.6 Å². The molecule has 0 aliphatic heterocycles. The molecule has 0 spiro atoms. The number of aryl methyl sites for hydroxylation is 1. The van der Waals surface area contributed by atoms with E-state index in [0.29, 0.717) is 13.2 Å². The Morgan fingerprint density at radius 2 is 1.82 bits per heavy atom. The molecule has 0 aliphatic rings. The van der Waals surface area contributed by atoms with E-state index in [-0.39, 0.29) is 27.6 Å². The number of benzene rings is 1. The Kier molecular flexibility index (Phi) is 9.22. The summed E-state index contributed by atoms with van der Waals surface area (Å²) in [5.74, 6) is -2.35. The number of nitrogens with one attached hydrogen (secondary N) is 1. The number of hydrogen-bond donors (Lipinski definition) is 6. The lowest BCUT2D eigenvalue weighted by Crippen LogP contribution is -2.11. The summed E-state index contributed by atoms with van der Waals surface area (Å²) in [6, 6.07) is 5.82. The van der Waals surface area contributed by atoms with E-state index in [0.717, 1.165) is 34.8 Å². The van der Waals surface area contributed by atoms with Crippen LogP contribution in [0.2, 0.25) is 0 Å². The summed E-state index contributed by atoms with van der Waals surface area (Å²) in [4.78, 5) is 21.2. The summed E-state index contributed by atoms with van der Waals surface area (Å²) >= 11 is 0.775. The van der Waals surface area contributed by atoms with Crippen molar-refractivity contribution in [3.8, 4) is 0 Å². The molecular formula is C18H25N3O6S. The van der Waals surface area contributed by atoms with E-state index in [1.165, 1.54) is 6.92 Å². The van der Waals surface area contributed by atoms with Gasteiger partial charge in [-0.15, -0.1) is 11.3 Å². The first-order valence-electron chi connectivity index (χ1n) is 8.33. The number of hydrogen-bond acceptors (Lipinski definition) is 8. The molecule has 154 valence electrons. The monoisotopic (exact) mass is 411 g/mol. The van der Waals surface area contributed by atoms with Gasteiger partial charge in [-0.05, 0) is 43.2 Å². The number of aliphatic hydroxyl groups is 1. The van der Waals surface area contributed by atoms with Crippen molar-refractivity contribution in [2.75, 3.05) is 43.1 Å². The van der Waals surface area contributed by atoms with Crippen LogP contribution in [0.3, 0.4) is 0 Å². The van der Waals surface area contributed by atoms with Gasteiger partial charge in [0.1, 0.15) is 9.88 Å². The zero-order valence-electron chi connectivity index (χ0n) is 15.7. The highest BCUT2D eigenvalue weighted by atomic mass is 32.1. The molecule has 1 aromatic carbocycles. The molecule has 0 fully saturated rings. The van der Waals surface area contributed by atoms with Crippen LogP contribution in [0.1, 0.15) is 31.2 Å². The first-order chi connectivity index (χ1) is 13.2. The van der Waals surface area contributed by atoms with Crippen LogP contribution in [0.15, 0.2) is 18.2 Å². The van der Waals surface area contributed by atoms with Crippen LogP contribution < -0.4 is 16.8 Å². The van der Waals surface area contributed by atoms with Crippen LogP contribution in [0.4, 0.5) is 16.4 Å². The number of carboxylic acid groups (broad SMARTS) is 2. The van der Waals surface area contributed by atoms with Crippen LogP contribution >= 0.6 is 11.3 Å². The summed E-state index contributed by atoms with van der Waals surface area (Å²) in [5.41, 5.74) is 14.1. The highest BCUT2D eigenvalue weighted by Gasteiger charge is 2.21. The molecule has 1 aromatic heterocycles. The average Bonchev–Trinajstić information content (AvgIpc) is 2.93. The minimum absolute atomic E-state index is 0.0186. The fourth-order valence-corrected chi connectivity index (χ4v) is 3.13. The molecule has 0 amide bonds. The van der Waals surface area contributed by atoms with Gasteiger partial charge in [-0.2, -0.15) is 0 Å². The summed E-state index contributed by atoms with van der Waals surface area (Å²) < 4.78 is 5.12. The summed E-state index contributed by atoms with van der Waals surface area (Å²) in [5, 5.41) is 29.1. The molecule has 2 aromatic rings. The Morgan fingerprint density at radius 3 is 2.29 bits per heavy atom. The van der Waals surface area contributed by atoms with E-state index < -0.39 is 11.9 Å². The van der Waals surface area contributed by atoms with Gasteiger partial charge in [-0.1, -0.05) is 0 Å².